The summed E-state index contributed by atoms with van der Waals surface area (Å²) in [7, 11) is 0. The van der Waals surface area contributed by atoms with E-state index in [9.17, 15) is 9.90 Å². The second-order valence-corrected chi connectivity index (χ2v) is 4.77. The van der Waals surface area contributed by atoms with Crippen molar-refractivity contribution >= 4 is 5.91 Å². The van der Waals surface area contributed by atoms with Crippen molar-refractivity contribution in [1.29, 1.82) is 0 Å². The van der Waals surface area contributed by atoms with Crippen LogP contribution in [0.1, 0.15) is 12.5 Å². The molecule has 1 aromatic carbocycles. The minimum Gasteiger partial charge on any atom is -0.394 e. The topological polar surface area (TPSA) is 52.6 Å². The maximum atomic E-state index is 11.7. The van der Waals surface area contributed by atoms with Crippen LogP contribution < -0.4 is 5.32 Å². The van der Waals surface area contributed by atoms with Crippen molar-refractivity contribution in [2.75, 3.05) is 19.7 Å². The van der Waals surface area contributed by atoms with Gasteiger partial charge in [0.15, 0.2) is 0 Å². The van der Waals surface area contributed by atoms with Crippen molar-refractivity contribution < 1.29 is 9.90 Å². The van der Waals surface area contributed by atoms with Crippen LogP contribution in [0.5, 0.6) is 0 Å². The first-order valence-corrected chi connectivity index (χ1v) is 6.40. The largest absolute Gasteiger partial charge is 0.394 e. The number of carbonyl (C=O) groups excluding carboxylic acids is 1. The average Bonchev–Trinajstić information content (AvgIpc) is 2.41. The van der Waals surface area contributed by atoms with E-state index in [1.807, 2.05) is 18.2 Å². The molecule has 1 amide bonds. The van der Waals surface area contributed by atoms with Gasteiger partial charge in [-0.05, 0) is 18.9 Å². The highest BCUT2D eigenvalue weighted by Gasteiger charge is 2.32. The Bertz CT molecular complexity index is 394. The van der Waals surface area contributed by atoms with E-state index in [0.29, 0.717) is 6.54 Å². The number of hydrogen-bond acceptors (Lipinski definition) is 3. The van der Waals surface area contributed by atoms with Crippen molar-refractivity contribution in [3.05, 3.63) is 35.9 Å². The Morgan fingerprint density at radius 1 is 1.39 bits per heavy atom. The molecule has 18 heavy (non-hydrogen) atoms. The number of amides is 1. The number of piperazine rings is 1. The third-order valence-electron chi connectivity index (χ3n) is 3.52. The highest BCUT2D eigenvalue weighted by Crippen LogP contribution is 2.12. The Balaban J connectivity index is 1.99. The SMILES string of the molecule is CC1CNC(=O)C(CO)N1CCc1ccccc1. The number of aliphatic hydroxyl groups is 1. The zero-order chi connectivity index (χ0) is 13.0. The summed E-state index contributed by atoms with van der Waals surface area (Å²) in [5.74, 6) is -0.0661. The fourth-order valence-electron chi connectivity index (χ4n) is 2.41. The maximum Gasteiger partial charge on any atom is 0.239 e. The standard InChI is InChI=1S/C14H20N2O2/c1-11-9-15-14(18)13(10-17)16(11)8-7-12-5-3-2-4-6-12/h2-6,11,13,17H,7-10H2,1H3,(H,15,18). The Morgan fingerprint density at radius 3 is 2.78 bits per heavy atom. The van der Waals surface area contributed by atoms with Crippen molar-refractivity contribution in [2.24, 2.45) is 0 Å². The van der Waals surface area contributed by atoms with Crippen LogP contribution in [0, 0.1) is 0 Å². The number of aliphatic hydroxyl groups excluding tert-OH is 1. The Labute approximate surface area is 108 Å². The maximum absolute atomic E-state index is 11.7. The second kappa shape index (κ2) is 5.98. The molecule has 0 aromatic heterocycles. The molecule has 1 fully saturated rings. The van der Waals surface area contributed by atoms with Crippen LogP contribution in [-0.4, -0.2) is 47.7 Å². The lowest BCUT2D eigenvalue weighted by Crippen LogP contribution is -2.61. The molecular formula is C14H20N2O2. The molecule has 2 N–H and O–H groups in total. The molecule has 0 aliphatic carbocycles. The van der Waals surface area contributed by atoms with Crippen LogP contribution in [0.15, 0.2) is 30.3 Å². The minimum atomic E-state index is -0.405. The highest BCUT2D eigenvalue weighted by molar-refractivity contribution is 5.82. The molecule has 0 bridgehead atoms. The first kappa shape index (κ1) is 13.1. The fourth-order valence-corrected chi connectivity index (χ4v) is 2.41. The van der Waals surface area contributed by atoms with Gasteiger partial charge in [0.05, 0.1) is 6.61 Å². The summed E-state index contributed by atoms with van der Waals surface area (Å²) in [5.41, 5.74) is 1.26. The van der Waals surface area contributed by atoms with Crippen LogP contribution in [0.4, 0.5) is 0 Å². The van der Waals surface area contributed by atoms with E-state index in [1.165, 1.54) is 5.56 Å². The van der Waals surface area contributed by atoms with Gasteiger partial charge >= 0.3 is 0 Å². The summed E-state index contributed by atoms with van der Waals surface area (Å²) in [6.07, 6.45) is 0.898. The van der Waals surface area contributed by atoms with E-state index in [2.05, 4.69) is 29.3 Å². The second-order valence-electron chi connectivity index (χ2n) is 4.77. The van der Waals surface area contributed by atoms with Crippen molar-refractivity contribution in [3.8, 4) is 0 Å². The van der Waals surface area contributed by atoms with Gasteiger partial charge in [-0.2, -0.15) is 0 Å². The van der Waals surface area contributed by atoms with Gasteiger partial charge in [-0.15, -0.1) is 0 Å². The quantitative estimate of drug-likeness (QED) is 0.811. The number of benzene rings is 1. The normalized spacial score (nSPS) is 24.9. The smallest absolute Gasteiger partial charge is 0.239 e. The fraction of sp³-hybridized carbons (Fsp3) is 0.500. The molecule has 1 saturated heterocycles. The van der Waals surface area contributed by atoms with Gasteiger partial charge in [-0.3, -0.25) is 9.69 Å². The average molecular weight is 248 g/mol. The molecule has 1 aliphatic heterocycles. The molecule has 98 valence electrons. The number of nitrogens with zero attached hydrogens (tertiary/aromatic N) is 1. The van der Waals surface area contributed by atoms with Crippen molar-refractivity contribution in [3.63, 3.8) is 0 Å². The van der Waals surface area contributed by atoms with E-state index in [1.54, 1.807) is 0 Å². The summed E-state index contributed by atoms with van der Waals surface area (Å²) in [4.78, 5) is 13.8. The van der Waals surface area contributed by atoms with E-state index in [-0.39, 0.29) is 18.6 Å². The molecule has 0 radical (unpaired) electrons. The number of nitrogens with one attached hydrogen (secondary N) is 1. The lowest BCUT2D eigenvalue weighted by molar-refractivity contribution is -0.132. The van der Waals surface area contributed by atoms with E-state index in [0.717, 1.165) is 13.0 Å². The van der Waals surface area contributed by atoms with Crippen molar-refractivity contribution in [1.82, 2.24) is 10.2 Å². The zero-order valence-corrected chi connectivity index (χ0v) is 10.7. The van der Waals surface area contributed by atoms with Crippen LogP contribution in [0.3, 0.4) is 0 Å². The number of rotatable bonds is 4. The van der Waals surface area contributed by atoms with E-state index >= 15 is 0 Å². The van der Waals surface area contributed by atoms with Gasteiger partial charge in [0.1, 0.15) is 6.04 Å². The molecule has 1 aromatic rings. The number of carbonyl (C=O) groups is 1. The zero-order valence-electron chi connectivity index (χ0n) is 10.7. The van der Waals surface area contributed by atoms with Crippen LogP contribution in [0.2, 0.25) is 0 Å². The molecule has 2 unspecified atom stereocenters. The predicted molar refractivity (Wildman–Crippen MR) is 70.2 cm³/mol. The first-order chi connectivity index (χ1) is 8.72. The summed E-state index contributed by atoms with van der Waals surface area (Å²) in [6, 6.07) is 10.1. The van der Waals surface area contributed by atoms with Gasteiger partial charge in [-0.25, -0.2) is 0 Å². The summed E-state index contributed by atoms with van der Waals surface area (Å²) >= 11 is 0. The van der Waals surface area contributed by atoms with Gasteiger partial charge < -0.3 is 10.4 Å². The summed E-state index contributed by atoms with van der Waals surface area (Å²) in [6.45, 7) is 3.41. The monoisotopic (exact) mass is 248 g/mol. The Hall–Kier alpha value is -1.39. The minimum absolute atomic E-state index is 0.0661. The third-order valence-corrected chi connectivity index (χ3v) is 3.52. The first-order valence-electron chi connectivity index (χ1n) is 6.40. The lowest BCUT2D eigenvalue weighted by atomic mass is 10.1. The van der Waals surface area contributed by atoms with Gasteiger partial charge in [-0.1, -0.05) is 30.3 Å². The summed E-state index contributed by atoms with van der Waals surface area (Å²) in [5, 5.41) is 12.2. The molecule has 2 atom stereocenters. The molecule has 0 saturated carbocycles. The molecular weight excluding hydrogens is 228 g/mol. The lowest BCUT2D eigenvalue weighted by Gasteiger charge is -2.39. The van der Waals surface area contributed by atoms with Gasteiger partial charge in [0.25, 0.3) is 0 Å². The Kier molecular flexibility index (Phi) is 4.33. The van der Waals surface area contributed by atoms with Gasteiger partial charge in [0.2, 0.25) is 5.91 Å². The molecule has 2 rings (SSSR count). The highest BCUT2D eigenvalue weighted by atomic mass is 16.3. The molecule has 1 heterocycles. The Morgan fingerprint density at radius 2 is 2.11 bits per heavy atom. The van der Waals surface area contributed by atoms with Crippen molar-refractivity contribution in [2.45, 2.75) is 25.4 Å². The predicted octanol–water partition coefficient (Wildman–Crippen LogP) is 0.410. The number of hydrogen-bond donors (Lipinski definition) is 2. The van der Waals surface area contributed by atoms with Crippen LogP contribution >= 0.6 is 0 Å². The third kappa shape index (κ3) is 2.89. The van der Waals surface area contributed by atoms with Crippen LogP contribution in [-0.2, 0) is 11.2 Å². The summed E-state index contributed by atoms with van der Waals surface area (Å²) < 4.78 is 0. The molecule has 1 aliphatic rings. The molecule has 4 nitrogen and oxygen atoms in total. The van der Waals surface area contributed by atoms with E-state index in [4.69, 9.17) is 0 Å². The molecule has 4 heteroatoms. The van der Waals surface area contributed by atoms with Gasteiger partial charge in [0, 0.05) is 19.1 Å². The van der Waals surface area contributed by atoms with E-state index < -0.39 is 6.04 Å². The molecule has 0 spiro atoms. The van der Waals surface area contributed by atoms with Crippen LogP contribution in [0.25, 0.3) is 0 Å².